The lowest BCUT2D eigenvalue weighted by Gasteiger charge is -2.19. The molecular weight excluding hydrogens is 417 g/mol. The van der Waals surface area contributed by atoms with Crippen LogP contribution in [-0.4, -0.2) is 19.8 Å². The fourth-order valence-electron chi connectivity index (χ4n) is 1.78. The van der Waals surface area contributed by atoms with E-state index in [9.17, 15) is 8.42 Å². The third kappa shape index (κ3) is 3.63. The Kier molecular flexibility index (Phi) is 5.39. The van der Waals surface area contributed by atoms with Gasteiger partial charge >= 0.3 is 0 Å². The lowest BCUT2D eigenvalue weighted by Crippen LogP contribution is -2.27. The summed E-state index contributed by atoms with van der Waals surface area (Å²) in [6.07, 6.45) is 0. The van der Waals surface area contributed by atoms with Crippen molar-refractivity contribution in [2.24, 2.45) is 0 Å². The first-order valence-corrected chi connectivity index (χ1v) is 9.74. The van der Waals surface area contributed by atoms with Crippen LogP contribution < -0.4 is 0 Å². The Balaban J connectivity index is 2.40. The van der Waals surface area contributed by atoms with Gasteiger partial charge < -0.3 is 0 Å². The first kappa shape index (κ1) is 17.2. The van der Waals surface area contributed by atoms with Crippen LogP contribution in [0.3, 0.4) is 0 Å². The van der Waals surface area contributed by atoms with Gasteiger partial charge in [-0.2, -0.15) is 4.31 Å². The summed E-state index contributed by atoms with van der Waals surface area (Å²) in [5, 5.41) is 2.14. The second-order valence-corrected chi connectivity index (χ2v) is 9.20. The minimum atomic E-state index is -3.75. The summed E-state index contributed by atoms with van der Waals surface area (Å²) in [4.78, 5) is 0.927. The minimum absolute atomic E-state index is 0.0641. The maximum Gasteiger partial charge on any atom is 0.246 e. The molecule has 0 unspecified atom stereocenters. The van der Waals surface area contributed by atoms with Crippen LogP contribution in [0.4, 0.5) is 0 Å². The van der Waals surface area contributed by atoms with E-state index >= 15 is 0 Å². The molecule has 0 saturated heterocycles. The number of nitrogens with zero attached hydrogens (tertiary/aromatic N) is 1. The van der Waals surface area contributed by atoms with Crippen LogP contribution in [0.15, 0.2) is 32.9 Å². The van der Waals surface area contributed by atoms with E-state index in [4.69, 9.17) is 23.2 Å². The Morgan fingerprint density at radius 2 is 1.86 bits per heavy atom. The predicted octanol–water partition coefficient (Wildman–Crippen LogP) is 4.95. The molecule has 1 heterocycles. The fraction of sp³-hybridized carbons (Fsp3) is 0.231. The van der Waals surface area contributed by atoms with Crippen molar-refractivity contribution < 1.29 is 8.42 Å². The summed E-state index contributed by atoms with van der Waals surface area (Å²) in [5.41, 5.74) is 1.06. The van der Waals surface area contributed by atoms with Crippen LogP contribution in [0, 0.1) is 6.92 Å². The molecule has 0 N–H and O–H groups in total. The highest BCUT2D eigenvalue weighted by Crippen LogP contribution is 2.35. The van der Waals surface area contributed by atoms with Gasteiger partial charge in [0.25, 0.3) is 0 Å². The van der Waals surface area contributed by atoms with E-state index in [1.54, 1.807) is 0 Å². The molecule has 2 aromatic rings. The molecule has 1 aromatic heterocycles. The SMILES string of the molecule is Cc1ccsc1CN(C)S(=O)(=O)c1c(Cl)cc(Br)cc1Cl. The van der Waals surface area contributed by atoms with E-state index in [2.05, 4.69) is 15.9 Å². The van der Waals surface area contributed by atoms with Crippen molar-refractivity contribution in [1.29, 1.82) is 0 Å². The number of benzene rings is 1. The molecular formula is C13H12BrCl2NO2S2. The maximum absolute atomic E-state index is 12.7. The normalized spacial score (nSPS) is 12.1. The van der Waals surface area contributed by atoms with Gasteiger partial charge in [0.1, 0.15) is 4.90 Å². The van der Waals surface area contributed by atoms with Crippen LogP contribution in [0.2, 0.25) is 10.0 Å². The van der Waals surface area contributed by atoms with Gasteiger partial charge in [0.15, 0.2) is 0 Å². The van der Waals surface area contributed by atoms with E-state index < -0.39 is 10.0 Å². The topological polar surface area (TPSA) is 37.4 Å². The molecule has 0 aliphatic rings. The molecule has 0 radical (unpaired) electrons. The summed E-state index contributed by atoms with van der Waals surface area (Å²) in [6, 6.07) is 5.00. The van der Waals surface area contributed by atoms with Gasteiger partial charge in [-0.25, -0.2) is 8.42 Å². The number of thiophene rings is 1. The number of hydrogen-bond donors (Lipinski definition) is 0. The highest BCUT2D eigenvalue weighted by atomic mass is 79.9. The van der Waals surface area contributed by atoms with Crippen LogP contribution in [-0.2, 0) is 16.6 Å². The minimum Gasteiger partial charge on any atom is -0.207 e. The van der Waals surface area contributed by atoms with Crippen LogP contribution >= 0.6 is 50.5 Å². The maximum atomic E-state index is 12.7. The monoisotopic (exact) mass is 427 g/mol. The molecule has 2 rings (SSSR count). The molecule has 0 bridgehead atoms. The lowest BCUT2D eigenvalue weighted by atomic mass is 10.3. The summed E-state index contributed by atoms with van der Waals surface area (Å²) >= 11 is 16.9. The molecule has 0 amide bonds. The first-order chi connectivity index (χ1) is 9.73. The van der Waals surface area contributed by atoms with Crippen molar-refractivity contribution in [2.75, 3.05) is 7.05 Å². The number of halogens is 3. The van der Waals surface area contributed by atoms with Crippen molar-refractivity contribution in [3.63, 3.8) is 0 Å². The Bertz CT molecular complexity index is 751. The zero-order valence-electron chi connectivity index (χ0n) is 11.2. The molecule has 8 heteroatoms. The fourth-order valence-corrected chi connectivity index (χ4v) is 5.84. The van der Waals surface area contributed by atoms with E-state index in [1.807, 2.05) is 18.4 Å². The Labute approximate surface area is 146 Å². The summed E-state index contributed by atoms with van der Waals surface area (Å²) in [7, 11) is -2.24. The van der Waals surface area contributed by atoms with E-state index in [1.165, 1.54) is 34.8 Å². The van der Waals surface area contributed by atoms with E-state index in [0.29, 0.717) is 4.47 Å². The molecule has 21 heavy (non-hydrogen) atoms. The second-order valence-electron chi connectivity index (χ2n) is 4.49. The molecule has 0 aliphatic heterocycles. The average Bonchev–Trinajstić information content (AvgIpc) is 2.73. The van der Waals surface area contributed by atoms with Gasteiger partial charge in [0, 0.05) is 22.9 Å². The zero-order chi connectivity index (χ0) is 15.8. The molecule has 0 aliphatic carbocycles. The van der Waals surface area contributed by atoms with Crippen molar-refractivity contribution in [3.8, 4) is 0 Å². The smallest absolute Gasteiger partial charge is 0.207 e. The van der Waals surface area contributed by atoms with Crippen molar-refractivity contribution in [1.82, 2.24) is 4.31 Å². The van der Waals surface area contributed by atoms with Gasteiger partial charge in [-0.15, -0.1) is 11.3 Å². The number of rotatable bonds is 4. The molecule has 1 aromatic carbocycles. The Morgan fingerprint density at radius 3 is 2.33 bits per heavy atom. The standard InChI is InChI=1S/C13H12BrCl2NO2S2/c1-8-3-4-20-12(8)7-17(2)21(18,19)13-10(15)5-9(14)6-11(13)16/h3-6H,7H2,1-2H3. The molecule has 0 spiro atoms. The van der Waals surface area contributed by atoms with Gasteiger partial charge in [-0.3, -0.25) is 0 Å². The average molecular weight is 429 g/mol. The van der Waals surface area contributed by atoms with E-state index in [0.717, 1.165) is 10.4 Å². The van der Waals surface area contributed by atoms with Crippen LogP contribution in [0.5, 0.6) is 0 Å². The quantitative estimate of drug-likeness (QED) is 0.690. The summed E-state index contributed by atoms with van der Waals surface area (Å²) in [6.45, 7) is 2.24. The molecule has 0 atom stereocenters. The highest BCUT2D eigenvalue weighted by molar-refractivity contribution is 9.10. The molecule has 0 fully saturated rings. The first-order valence-electron chi connectivity index (χ1n) is 5.87. The third-order valence-corrected chi connectivity index (χ3v) is 7.16. The Hall–Kier alpha value is -0.110. The third-order valence-electron chi connectivity index (χ3n) is 2.97. The predicted molar refractivity (Wildman–Crippen MR) is 91.9 cm³/mol. The van der Waals surface area contributed by atoms with Crippen molar-refractivity contribution in [3.05, 3.63) is 48.5 Å². The molecule has 114 valence electrons. The zero-order valence-corrected chi connectivity index (χ0v) is 16.0. The largest absolute Gasteiger partial charge is 0.246 e. The van der Waals surface area contributed by atoms with E-state index in [-0.39, 0.29) is 21.5 Å². The van der Waals surface area contributed by atoms with Gasteiger partial charge in [-0.1, -0.05) is 39.1 Å². The van der Waals surface area contributed by atoms with Gasteiger partial charge in [0.05, 0.1) is 10.0 Å². The summed E-state index contributed by atoms with van der Waals surface area (Å²) < 4.78 is 27.2. The lowest BCUT2D eigenvalue weighted by molar-refractivity contribution is 0.469. The highest BCUT2D eigenvalue weighted by Gasteiger charge is 2.27. The second kappa shape index (κ2) is 6.56. The van der Waals surface area contributed by atoms with Crippen LogP contribution in [0.1, 0.15) is 10.4 Å². The van der Waals surface area contributed by atoms with Gasteiger partial charge in [0.2, 0.25) is 10.0 Å². The number of aryl methyl sites for hydroxylation is 1. The van der Waals surface area contributed by atoms with Crippen molar-refractivity contribution in [2.45, 2.75) is 18.4 Å². The van der Waals surface area contributed by atoms with Gasteiger partial charge in [-0.05, 0) is 36.1 Å². The number of sulfonamides is 1. The number of hydrogen-bond acceptors (Lipinski definition) is 3. The molecule has 0 saturated carbocycles. The van der Waals surface area contributed by atoms with Crippen LogP contribution in [0.25, 0.3) is 0 Å². The molecule has 3 nitrogen and oxygen atoms in total. The van der Waals surface area contributed by atoms with Crippen molar-refractivity contribution >= 4 is 60.5 Å². The summed E-state index contributed by atoms with van der Waals surface area (Å²) in [5.74, 6) is 0. The Morgan fingerprint density at radius 1 is 1.29 bits per heavy atom.